The first-order chi connectivity index (χ1) is 9.75. The third-order valence-corrected chi connectivity index (χ3v) is 4.35. The van der Waals surface area contributed by atoms with Crippen LogP contribution in [0, 0.1) is 0 Å². The van der Waals surface area contributed by atoms with E-state index in [4.69, 9.17) is 11.5 Å². The quantitative estimate of drug-likeness (QED) is 0.829. The molecule has 1 aromatic heterocycles. The van der Waals surface area contributed by atoms with Crippen molar-refractivity contribution in [1.29, 1.82) is 0 Å². The molecule has 106 valence electrons. The summed E-state index contributed by atoms with van der Waals surface area (Å²) >= 11 is 0. The van der Waals surface area contributed by atoms with Gasteiger partial charge in [0.2, 0.25) is 5.95 Å². The number of nitrogen functional groups attached to an aromatic ring is 2. The van der Waals surface area contributed by atoms with Crippen molar-refractivity contribution >= 4 is 22.7 Å². The topological polar surface area (TPSA) is 77.8 Å². The lowest BCUT2D eigenvalue weighted by molar-refractivity contribution is 0.457. The van der Waals surface area contributed by atoms with Gasteiger partial charge >= 0.3 is 0 Å². The Kier molecular flexibility index (Phi) is 3.72. The molecule has 4 nitrogen and oxygen atoms in total. The van der Waals surface area contributed by atoms with E-state index >= 15 is 0 Å². The highest BCUT2D eigenvalue weighted by Gasteiger charge is 2.18. The number of hydrogen-bond donors (Lipinski definition) is 2. The van der Waals surface area contributed by atoms with Crippen molar-refractivity contribution in [3.8, 4) is 0 Å². The zero-order valence-corrected chi connectivity index (χ0v) is 11.8. The fourth-order valence-corrected chi connectivity index (χ4v) is 3.36. The van der Waals surface area contributed by atoms with Crippen molar-refractivity contribution in [1.82, 2.24) is 9.97 Å². The summed E-state index contributed by atoms with van der Waals surface area (Å²) in [5.41, 5.74) is 14.0. The van der Waals surface area contributed by atoms with Gasteiger partial charge in [-0.25, -0.2) is 4.98 Å². The Morgan fingerprint density at radius 1 is 0.900 bits per heavy atom. The smallest absolute Gasteiger partial charge is 0.222 e. The van der Waals surface area contributed by atoms with Gasteiger partial charge in [0.15, 0.2) is 0 Å². The Bertz CT molecular complexity index is 601. The molecule has 0 atom stereocenters. The number of fused-ring (bicyclic) bond motifs is 1. The molecule has 0 aliphatic heterocycles. The highest BCUT2D eigenvalue weighted by molar-refractivity contribution is 5.92. The lowest BCUT2D eigenvalue weighted by atomic mass is 9.84. The molecule has 0 bridgehead atoms. The monoisotopic (exact) mass is 270 g/mol. The van der Waals surface area contributed by atoms with Crippen molar-refractivity contribution in [2.24, 2.45) is 0 Å². The van der Waals surface area contributed by atoms with E-state index in [1.807, 2.05) is 6.07 Å². The Balaban J connectivity index is 2.05. The molecule has 0 unspecified atom stereocenters. The second kappa shape index (κ2) is 5.65. The minimum atomic E-state index is 0.254. The first-order valence-electron chi connectivity index (χ1n) is 7.57. The standard InChI is InChI=1S/C16H22N4/c17-15-14-12(11-7-4-2-1-3-5-8-11)9-6-10-13(14)19-16(18)20-15/h6,9-11H,1-5,7-8H2,(H4,17,18,19,20). The summed E-state index contributed by atoms with van der Waals surface area (Å²) in [6.07, 6.45) is 9.16. The van der Waals surface area contributed by atoms with E-state index in [9.17, 15) is 0 Å². The zero-order valence-electron chi connectivity index (χ0n) is 11.8. The molecule has 0 radical (unpaired) electrons. The van der Waals surface area contributed by atoms with Crippen LogP contribution in [0.5, 0.6) is 0 Å². The Morgan fingerprint density at radius 2 is 1.60 bits per heavy atom. The van der Waals surface area contributed by atoms with Crippen LogP contribution in [-0.4, -0.2) is 9.97 Å². The van der Waals surface area contributed by atoms with E-state index in [1.54, 1.807) is 0 Å². The number of rotatable bonds is 1. The lowest BCUT2D eigenvalue weighted by Crippen LogP contribution is -2.07. The van der Waals surface area contributed by atoms with Gasteiger partial charge in [0.25, 0.3) is 0 Å². The van der Waals surface area contributed by atoms with Crippen molar-refractivity contribution < 1.29 is 0 Å². The third kappa shape index (κ3) is 2.55. The zero-order chi connectivity index (χ0) is 13.9. The molecule has 3 rings (SSSR count). The first kappa shape index (κ1) is 13.2. The van der Waals surface area contributed by atoms with E-state index in [0.717, 1.165) is 10.9 Å². The van der Waals surface area contributed by atoms with Crippen LogP contribution in [0.3, 0.4) is 0 Å². The molecule has 1 saturated carbocycles. The average molecular weight is 270 g/mol. The van der Waals surface area contributed by atoms with Crippen LogP contribution >= 0.6 is 0 Å². The van der Waals surface area contributed by atoms with Crippen LogP contribution in [0.2, 0.25) is 0 Å². The van der Waals surface area contributed by atoms with Crippen molar-refractivity contribution in [3.63, 3.8) is 0 Å². The number of aromatic nitrogens is 2. The van der Waals surface area contributed by atoms with Crippen LogP contribution in [0.4, 0.5) is 11.8 Å². The van der Waals surface area contributed by atoms with Gasteiger partial charge in [0, 0.05) is 5.39 Å². The van der Waals surface area contributed by atoms with Gasteiger partial charge in [-0.1, -0.05) is 44.2 Å². The van der Waals surface area contributed by atoms with E-state index < -0.39 is 0 Å². The minimum absolute atomic E-state index is 0.254. The number of anilines is 2. The molecule has 1 fully saturated rings. The predicted molar refractivity (Wildman–Crippen MR) is 83.4 cm³/mol. The molecule has 0 spiro atoms. The van der Waals surface area contributed by atoms with Crippen molar-refractivity contribution in [2.45, 2.75) is 50.9 Å². The second-order valence-corrected chi connectivity index (χ2v) is 5.75. The molecule has 1 aliphatic rings. The third-order valence-electron chi connectivity index (χ3n) is 4.35. The Hall–Kier alpha value is -1.84. The SMILES string of the molecule is Nc1nc(N)c2c(C3CCCCCCC3)cccc2n1. The molecular formula is C16H22N4. The summed E-state index contributed by atoms with van der Waals surface area (Å²) in [4.78, 5) is 8.46. The molecule has 4 heteroatoms. The van der Waals surface area contributed by atoms with Gasteiger partial charge in [-0.2, -0.15) is 4.98 Å². The molecular weight excluding hydrogens is 248 g/mol. The first-order valence-corrected chi connectivity index (χ1v) is 7.57. The largest absolute Gasteiger partial charge is 0.383 e. The number of nitrogens with two attached hydrogens (primary N) is 2. The van der Waals surface area contributed by atoms with Crippen LogP contribution in [0.15, 0.2) is 18.2 Å². The maximum absolute atomic E-state index is 6.10. The maximum atomic E-state index is 6.10. The summed E-state index contributed by atoms with van der Waals surface area (Å²) in [5, 5.41) is 1.01. The molecule has 0 amide bonds. The van der Waals surface area contributed by atoms with Gasteiger partial charge in [-0.05, 0) is 30.4 Å². The number of nitrogens with zero attached hydrogens (tertiary/aromatic N) is 2. The van der Waals surface area contributed by atoms with Crippen LogP contribution in [-0.2, 0) is 0 Å². The highest BCUT2D eigenvalue weighted by atomic mass is 15.0. The van der Waals surface area contributed by atoms with Gasteiger partial charge in [-0.15, -0.1) is 0 Å². The molecule has 1 heterocycles. The normalized spacial score (nSPS) is 17.8. The average Bonchev–Trinajstić information content (AvgIpc) is 2.37. The summed E-state index contributed by atoms with van der Waals surface area (Å²) in [6.45, 7) is 0. The van der Waals surface area contributed by atoms with Gasteiger partial charge in [0.05, 0.1) is 5.52 Å². The predicted octanol–water partition coefficient (Wildman–Crippen LogP) is 3.62. The van der Waals surface area contributed by atoms with Crippen LogP contribution in [0.25, 0.3) is 10.9 Å². The Labute approximate surface area is 119 Å². The molecule has 4 N–H and O–H groups in total. The molecule has 20 heavy (non-hydrogen) atoms. The van der Waals surface area contributed by atoms with Gasteiger partial charge < -0.3 is 11.5 Å². The number of hydrogen-bond acceptors (Lipinski definition) is 4. The minimum Gasteiger partial charge on any atom is -0.383 e. The van der Waals surface area contributed by atoms with E-state index in [-0.39, 0.29) is 5.95 Å². The maximum Gasteiger partial charge on any atom is 0.222 e. The van der Waals surface area contributed by atoms with Crippen LogP contribution < -0.4 is 11.5 Å². The summed E-state index contributed by atoms with van der Waals surface area (Å²) in [5.74, 6) is 1.35. The molecule has 0 saturated heterocycles. The highest BCUT2D eigenvalue weighted by Crippen LogP contribution is 2.36. The number of benzene rings is 1. The summed E-state index contributed by atoms with van der Waals surface area (Å²) in [7, 11) is 0. The van der Waals surface area contributed by atoms with Gasteiger partial charge in [0.1, 0.15) is 5.82 Å². The van der Waals surface area contributed by atoms with Crippen LogP contribution in [0.1, 0.15) is 56.4 Å². The van der Waals surface area contributed by atoms with Crippen molar-refractivity contribution in [3.05, 3.63) is 23.8 Å². The van der Waals surface area contributed by atoms with Gasteiger partial charge in [-0.3, -0.25) is 0 Å². The fourth-order valence-electron chi connectivity index (χ4n) is 3.36. The molecule has 2 aromatic rings. The second-order valence-electron chi connectivity index (χ2n) is 5.75. The summed E-state index contributed by atoms with van der Waals surface area (Å²) in [6, 6.07) is 6.21. The molecule has 1 aromatic carbocycles. The van der Waals surface area contributed by atoms with Crippen molar-refractivity contribution in [2.75, 3.05) is 11.5 Å². The summed E-state index contributed by atoms with van der Waals surface area (Å²) < 4.78 is 0. The van der Waals surface area contributed by atoms with E-state index in [0.29, 0.717) is 11.7 Å². The fraction of sp³-hybridized carbons (Fsp3) is 0.500. The van der Waals surface area contributed by atoms with E-state index in [2.05, 4.69) is 22.1 Å². The lowest BCUT2D eigenvalue weighted by Gasteiger charge is -2.21. The molecule has 1 aliphatic carbocycles. The van der Waals surface area contributed by atoms with E-state index in [1.165, 1.54) is 50.5 Å². The Morgan fingerprint density at radius 3 is 2.35 bits per heavy atom.